The number of nitrogens with one attached hydrogen (secondary N) is 1. The van der Waals surface area contributed by atoms with Gasteiger partial charge in [0.15, 0.2) is 5.65 Å². The van der Waals surface area contributed by atoms with Crippen molar-refractivity contribution in [3.63, 3.8) is 0 Å². The second kappa shape index (κ2) is 9.34. The summed E-state index contributed by atoms with van der Waals surface area (Å²) in [6.07, 6.45) is 5.83. The number of esters is 1. The van der Waals surface area contributed by atoms with Crippen LogP contribution in [0.25, 0.3) is 5.65 Å². The van der Waals surface area contributed by atoms with E-state index in [4.69, 9.17) is 4.74 Å². The van der Waals surface area contributed by atoms with Crippen LogP contribution in [0.1, 0.15) is 47.8 Å². The first-order valence-electron chi connectivity index (χ1n) is 10.8. The normalized spacial score (nSPS) is 15.4. The molecule has 31 heavy (non-hydrogen) atoms. The summed E-state index contributed by atoms with van der Waals surface area (Å²) in [6, 6.07) is 8.96. The summed E-state index contributed by atoms with van der Waals surface area (Å²) < 4.78 is 6.33. The lowest BCUT2D eigenvalue weighted by atomic mass is 9.90. The van der Waals surface area contributed by atoms with E-state index in [-0.39, 0.29) is 17.7 Å². The molecule has 3 aromatic rings. The van der Waals surface area contributed by atoms with Crippen LogP contribution in [-0.4, -0.2) is 50.3 Å². The van der Waals surface area contributed by atoms with Crippen LogP contribution < -0.4 is 5.56 Å². The van der Waals surface area contributed by atoms with Gasteiger partial charge in [-0.2, -0.15) is 0 Å². The summed E-state index contributed by atoms with van der Waals surface area (Å²) in [5, 5.41) is 12.2. The Labute approximate surface area is 180 Å². The molecule has 1 aromatic carbocycles. The Bertz CT molecular complexity index is 1090. The zero-order chi connectivity index (χ0) is 21.8. The standard InChI is InChI=1S/C23H28N4O4/c1-2-31-23(30)20-14-24-27-21(29)13-18(25-22(20)27)15-26-11-9-17(10-12-26)4-3-16-5-7-19(28)8-6-16/h5-8,13-14,17,24,28H,2-4,9-12,15H2,1H3. The molecule has 0 amide bonds. The lowest BCUT2D eigenvalue weighted by molar-refractivity contribution is 0.0528. The highest BCUT2D eigenvalue weighted by molar-refractivity contribution is 5.95. The van der Waals surface area contributed by atoms with Crippen LogP contribution >= 0.6 is 0 Å². The number of aromatic amines is 1. The Morgan fingerprint density at radius 1 is 1.26 bits per heavy atom. The third-order valence-electron chi connectivity index (χ3n) is 5.92. The van der Waals surface area contributed by atoms with E-state index in [0.717, 1.165) is 38.8 Å². The van der Waals surface area contributed by atoms with Crippen molar-refractivity contribution in [3.8, 4) is 5.75 Å². The number of fused-ring (bicyclic) bond motifs is 1. The average molecular weight is 425 g/mol. The molecular weight excluding hydrogens is 396 g/mol. The summed E-state index contributed by atoms with van der Waals surface area (Å²) in [5.41, 5.74) is 2.26. The Morgan fingerprint density at radius 3 is 2.71 bits per heavy atom. The molecule has 2 aromatic heterocycles. The van der Waals surface area contributed by atoms with Crippen LogP contribution in [0.3, 0.4) is 0 Å². The predicted octanol–water partition coefficient (Wildman–Crippen LogP) is 2.75. The largest absolute Gasteiger partial charge is 0.508 e. The minimum Gasteiger partial charge on any atom is -0.508 e. The van der Waals surface area contributed by atoms with Crippen LogP contribution in [0.15, 0.2) is 41.3 Å². The van der Waals surface area contributed by atoms with Gasteiger partial charge in [0.05, 0.1) is 12.3 Å². The fourth-order valence-corrected chi connectivity index (χ4v) is 4.16. The van der Waals surface area contributed by atoms with Crippen LogP contribution in [0.2, 0.25) is 0 Å². The number of nitrogens with zero attached hydrogens (tertiary/aromatic N) is 3. The van der Waals surface area contributed by atoms with Crippen LogP contribution in [0, 0.1) is 5.92 Å². The Kier molecular flexibility index (Phi) is 6.36. The van der Waals surface area contributed by atoms with Gasteiger partial charge in [0, 0.05) is 18.8 Å². The van der Waals surface area contributed by atoms with E-state index in [9.17, 15) is 14.7 Å². The second-order valence-electron chi connectivity index (χ2n) is 8.08. The average Bonchev–Trinajstić information content (AvgIpc) is 3.19. The molecule has 2 N–H and O–H groups in total. The van der Waals surface area contributed by atoms with E-state index in [1.54, 1.807) is 19.1 Å². The van der Waals surface area contributed by atoms with Gasteiger partial charge in [-0.25, -0.2) is 14.3 Å². The molecule has 0 unspecified atom stereocenters. The highest BCUT2D eigenvalue weighted by Crippen LogP contribution is 2.24. The minimum absolute atomic E-state index is 0.237. The number of carbonyl (C=O) groups is 1. The third-order valence-corrected chi connectivity index (χ3v) is 5.92. The lowest BCUT2D eigenvalue weighted by Crippen LogP contribution is -2.34. The molecule has 0 radical (unpaired) electrons. The van der Waals surface area contributed by atoms with Crippen LogP contribution in [0.5, 0.6) is 5.75 Å². The number of rotatable bonds is 7. The fraction of sp³-hybridized carbons (Fsp3) is 0.435. The Hall–Kier alpha value is -3.13. The van der Waals surface area contributed by atoms with Crippen molar-refractivity contribution < 1.29 is 14.6 Å². The van der Waals surface area contributed by atoms with Crippen LogP contribution in [-0.2, 0) is 17.7 Å². The molecule has 8 nitrogen and oxygen atoms in total. The molecule has 1 saturated heterocycles. The molecule has 1 aliphatic heterocycles. The first-order chi connectivity index (χ1) is 15.0. The van der Waals surface area contributed by atoms with Crippen molar-refractivity contribution in [3.05, 3.63) is 63.7 Å². The predicted molar refractivity (Wildman–Crippen MR) is 116 cm³/mol. The fourth-order valence-electron chi connectivity index (χ4n) is 4.16. The number of hydrogen-bond donors (Lipinski definition) is 2. The van der Waals surface area contributed by atoms with Gasteiger partial charge in [0.1, 0.15) is 11.3 Å². The molecule has 0 atom stereocenters. The first kappa shape index (κ1) is 21.1. The van der Waals surface area contributed by atoms with Crippen molar-refractivity contribution >= 4 is 11.6 Å². The molecule has 4 rings (SSSR count). The number of aryl methyl sites for hydroxylation is 1. The molecule has 0 spiro atoms. The zero-order valence-electron chi connectivity index (χ0n) is 17.7. The van der Waals surface area contributed by atoms with Crippen molar-refractivity contribution in [2.45, 2.75) is 39.2 Å². The number of carbonyl (C=O) groups excluding carboxylic acids is 1. The Morgan fingerprint density at radius 2 is 2.00 bits per heavy atom. The summed E-state index contributed by atoms with van der Waals surface area (Å²) in [4.78, 5) is 31.4. The van der Waals surface area contributed by atoms with E-state index in [1.165, 1.54) is 22.3 Å². The molecule has 3 heterocycles. The van der Waals surface area contributed by atoms with Crippen LogP contribution in [0.4, 0.5) is 0 Å². The summed E-state index contributed by atoms with van der Waals surface area (Å²) in [5.74, 6) is 0.489. The highest BCUT2D eigenvalue weighted by Gasteiger charge is 2.21. The molecule has 1 aliphatic rings. The van der Waals surface area contributed by atoms with E-state index in [0.29, 0.717) is 29.6 Å². The molecule has 0 aliphatic carbocycles. The van der Waals surface area contributed by atoms with Gasteiger partial charge in [-0.3, -0.25) is 14.8 Å². The van der Waals surface area contributed by atoms with Gasteiger partial charge in [-0.05, 0) is 69.3 Å². The zero-order valence-corrected chi connectivity index (χ0v) is 17.7. The number of phenolic OH excluding ortho intramolecular Hbond substituents is 1. The molecule has 1 fully saturated rings. The SMILES string of the molecule is CCOC(=O)c1c[nH]n2c(=O)cc(CN3CCC(CCc4ccc(O)cc4)CC3)nc12. The number of aromatic hydroxyl groups is 1. The number of ether oxygens (including phenoxy) is 1. The number of likely N-dealkylation sites (tertiary alicyclic amines) is 1. The lowest BCUT2D eigenvalue weighted by Gasteiger charge is -2.31. The van der Waals surface area contributed by atoms with Gasteiger partial charge < -0.3 is 9.84 Å². The number of piperidine rings is 1. The summed E-state index contributed by atoms with van der Waals surface area (Å²) in [7, 11) is 0. The third kappa shape index (κ3) is 4.96. The number of H-pyrrole nitrogens is 1. The Balaban J connectivity index is 1.35. The number of hydrogen-bond acceptors (Lipinski definition) is 6. The van der Waals surface area contributed by atoms with Gasteiger partial charge in [-0.15, -0.1) is 0 Å². The smallest absolute Gasteiger partial charge is 0.343 e. The molecule has 0 bridgehead atoms. The number of benzene rings is 1. The topological polar surface area (TPSA) is 99.9 Å². The maximum atomic E-state index is 12.4. The monoisotopic (exact) mass is 424 g/mol. The summed E-state index contributed by atoms with van der Waals surface area (Å²) in [6.45, 7) is 4.51. The van der Waals surface area contributed by atoms with Crippen molar-refractivity contribution in [2.75, 3.05) is 19.7 Å². The van der Waals surface area contributed by atoms with E-state index in [2.05, 4.69) is 15.0 Å². The maximum Gasteiger partial charge on any atom is 0.343 e. The van der Waals surface area contributed by atoms with E-state index < -0.39 is 5.97 Å². The van der Waals surface area contributed by atoms with Crippen molar-refractivity contribution in [1.82, 2.24) is 19.5 Å². The quantitative estimate of drug-likeness (QED) is 0.566. The highest BCUT2D eigenvalue weighted by atomic mass is 16.5. The summed E-state index contributed by atoms with van der Waals surface area (Å²) >= 11 is 0. The molecule has 0 saturated carbocycles. The van der Waals surface area contributed by atoms with Gasteiger partial charge in [-0.1, -0.05) is 12.1 Å². The van der Waals surface area contributed by atoms with E-state index in [1.807, 2.05) is 12.1 Å². The van der Waals surface area contributed by atoms with Crippen molar-refractivity contribution in [1.29, 1.82) is 0 Å². The maximum absolute atomic E-state index is 12.4. The molecule has 8 heteroatoms. The molecular formula is C23H28N4O4. The molecule has 164 valence electrons. The number of aromatic nitrogens is 3. The van der Waals surface area contributed by atoms with Crippen molar-refractivity contribution in [2.24, 2.45) is 5.92 Å². The second-order valence-corrected chi connectivity index (χ2v) is 8.08. The van der Waals surface area contributed by atoms with Gasteiger partial charge >= 0.3 is 5.97 Å². The van der Waals surface area contributed by atoms with Gasteiger partial charge in [0.2, 0.25) is 0 Å². The minimum atomic E-state index is -0.486. The number of phenols is 1. The van der Waals surface area contributed by atoms with Gasteiger partial charge in [0.25, 0.3) is 5.56 Å². The first-order valence-corrected chi connectivity index (χ1v) is 10.8. The van der Waals surface area contributed by atoms with E-state index >= 15 is 0 Å².